The van der Waals surface area contributed by atoms with Crippen molar-refractivity contribution in [3.63, 3.8) is 0 Å². The molecule has 1 aliphatic heterocycles. The average molecular weight is 539 g/mol. The molecule has 2 N–H and O–H groups in total. The maximum absolute atomic E-state index is 13.5. The lowest BCUT2D eigenvalue weighted by Crippen LogP contribution is -2.36. The highest BCUT2D eigenvalue weighted by Gasteiger charge is 2.30. The van der Waals surface area contributed by atoms with Gasteiger partial charge >= 0.3 is 6.18 Å². The van der Waals surface area contributed by atoms with Gasteiger partial charge in [0.2, 0.25) is 0 Å². The molecular formula is C29H33F3N6O. The number of nitrogens with one attached hydrogen (secondary N) is 2. The van der Waals surface area contributed by atoms with Crippen LogP contribution < -0.4 is 15.4 Å². The fourth-order valence-corrected chi connectivity index (χ4v) is 4.65. The Morgan fingerprint density at radius 2 is 1.90 bits per heavy atom. The molecule has 7 nitrogen and oxygen atoms in total. The topological polar surface area (TPSA) is 78.1 Å². The fourth-order valence-electron chi connectivity index (χ4n) is 4.65. The Hall–Kier alpha value is -3.89. The number of pyridine rings is 1. The summed E-state index contributed by atoms with van der Waals surface area (Å²) >= 11 is 0. The minimum Gasteiger partial charge on any atom is -0.494 e. The van der Waals surface area contributed by atoms with Crippen LogP contribution in [0.25, 0.3) is 10.9 Å². The third-order valence-corrected chi connectivity index (χ3v) is 6.95. The highest BCUT2D eigenvalue weighted by molar-refractivity contribution is 5.94. The number of nitriles is 1. The van der Waals surface area contributed by atoms with Crippen LogP contribution in [0, 0.1) is 23.2 Å². The van der Waals surface area contributed by atoms with Gasteiger partial charge < -0.3 is 24.8 Å². The molecule has 3 heterocycles. The number of ether oxygens (including phenoxy) is 1. The summed E-state index contributed by atoms with van der Waals surface area (Å²) < 4.78 is 47.3. The molecule has 0 radical (unpaired) electrons. The van der Waals surface area contributed by atoms with Gasteiger partial charge in [-0.25, -0.2) is 0 Å². The molecule has 2 aromatic heterocycles. The van der Waals surface area contributed by atoms with E-state index in [1.807, 2.05) is 6.07 Å². The smallest absolute Gasteiger partial charge is 0.406 e. The maximum atomic E-state index is 13.5. The number of hydrogen-bond donors (Lipinski definition) is 2. The molecule has 1 saturated heterocycles. The predicted molar refractivity (Wildman–Crippen MR) is 147 cm³/mol. The Labute approximate surface area is 227 Å². The van der Waals surface area contributed by atoms with Crippen molar-refractivity contribution in [1.29, 1.82) is 5.26 Å². The van der Waals surface area contributed by atoms with Crippen molar-refractivity contribution in [1.82, 2.24) is 14.5 Å². The summed E-state index contributed by atoms with van der Waals surface area (Å²) in [6, 6.07) is 11.3. The van der Waals surface area contributed by atoms with E-state index in [1.165, 1.54) is 11.7 Å². The molecule has 10 heteroatoms. The number of methoxy groups -OCH3 is 1. The molecule has 39 heavy (non-hydrogen) atoms. The second-order valence-electron chi connectivity index (χ2n) is 10.4. The van der Waals surface area contributed by atoms with Gasteiger partial charge in [-0.2, -0.15) is 18.4 Å². The minimum atomic E-state index is -4.39. The standard InChI is InChI=1S/C29H33F3N6O/c1-28(2,18-33)27-16-26(39-4)24(17-35-27)34-12-6-7-21-15-22-23(36-20-10-13-37(3)14-11-20)8-5-9-25(22)38(21)19-29(30,31)32/h5,8-9,15-17,20,34,36H,10-14,19H2,1-4H3. The Kier molecular flexibility index (Phi) is 8.27. The number of anilines is 2. The van der Waals surface area contributed by atoms with Crippen LogP contribution in [0.5, 0.6) is 5.75 Å². The highest BCUT2D eigenvalue weighted by atomic mass is 19.4. The second-order valence-corrected chi connectivity index (χ2v) is 10.4. The van der Waals surface area contributed by atoms with Crippen LogP contribution >= 0.6 is 0 Å². The fraction of sp³-hybridized carbons (Fsp3) is 0.448. The van der Waals surface area contributed by atoms with Crippen LogP contribution in [-0.4, -0.2) is 60.5 Å². The van der Waals surface area contributed by atoms with Crippen molar-refractivity contribution in [2.45, 2.75) is 50.9 Å². The van der Waals surface area contributed by atoms with Crippen LogP contribution in [0.15, 0.2) is 36.5 Å². The number of aromatic nitrogens is 2. The Morgan fingerprint density at radius 3 is 2.56 bits per heavy atom. The van der Waals surface area contributed by atoms with Gasteiger partial charge in [0.15, 0.2) is 0 Å². The summed E-state index contributed by atoms with van der Waals surface area (Å²) in [6.45, 7) is 4.52. The lowest BCUT2D eigenvalue weighted by molar-refractivity contribution is -0.140. The lowest BCUT2D eigenvalue weighted by atomic mass is 9.90. The first-order valence-electron chi connectivity index (χ1n) is 12.8. The highest BCUT2D eigenvalue weighted by Crippen LogP contribution is 2.32. The van der Waals surface area contributed by atoms with Gasteiger partial charge in [-0.1, -0.05) is 12.0 Å². The van der Waals surface area contributed by atoms with E-state index in [9.17, 15) is 18.4 Å². The van der Waals surface area contributed by atoms with Gasteiger partial charge in [0.05, 0.1) is 53.9 Å². The number of nitrogens with zero attached hydrogens (tertiary/aromatic N) is 4. The summed E-state index contributed by atoms with van der Waals surface area (Å²) in [5, 5.41) is 16.8. The van der Waals surface area contributed by atoms with E-state index >= 15 is 0 Å². The summed E-state index contributed by atoms with van der Waals surface area (Å²) in [5.41, 5.74) is 1.96. The second kappa shape index (κ2) is 11.5. The van der Waals surface area contributed by atoms with Gasteiger partial charge in [0.25, 0.3) is 0 Å². The predicted octanol–water partition coefficient (Wildman–Crippen LogP) is 5.38. The number of alkyl halides is 3. The van der Waals surface area contributed by atoms with Crippen molar-refractivity contribution in [2.24, 2.45) is 0 Å². The number of likely N-dealkylation sites (tertiary alicyclic amines) is 1. The summed E-state index contributed by atoms with van der Waals surface area (Å²) in [5.74, 6) is 6.37. The van der Waals surface area contributed by atoms with Crippen molar-refractivity contribution in [2.75, 3.05) is 44.4 Å². The first-order valence-corrected chi connectivity index (χ1v) is 12.8. The number of hydrogen-bond acceptors (Lipinski definition) is 6. The maximum Gasteiger partial charge on any atom is 0.406 e. The molecule has 0 unspecified atom stereocenters. The summed E-state index contributed by atoms with van der Waals surface area (Å²) in [6.07, 6.45) is -0.879. The summed E-state index contributed by atoms with van der Waals surface area (Å²) in [7, 11) is 3.60. The van der Waals surface area contributed by atoms with E-state index in [0.717, 1.165) is 37.0 Å². The third kappa shape index (κ3) is 6.76. The van der Waals surface area contributed by atoms with E-state index in [-0.39, 0.29) is 18.3 Å². The largest absolute Gasteiger partial charge is 0.494 e. The molecule has 3 aromatic rings. The van der Waals surface area contributed by atoms with Crippen LogP contribution in [0.2, 0.25) is 0 Å². The van der Waals surface area contributed by atoms with Crippen LogP contribution in [0.3, 0.4) is 0 Å². The molecule has 1 fully saturated rings. The molecule has 1 aliphatic rings. The zero-order valence-corrected chi connectivity index (χ0v) is 22.6. The molecule has 1 aromatic carbocycles. The van der Waals surface area contributed by atoms with Crippen LogP contribution in [0.1, 0.15) is 38.1 Å². The van der Waals surface area contributed by atoms with Gasteiger partial charge in [-0.3, -0.25) is 4.98 Å². The molecule has 0 spiro atoms. The van der Waals surface area contributed by atoms with E-state index in [2.05, 4.69) is 45.5 Å². The molecular weight excluding hydrogens is 505 g/mol. The Bertz CT molecular complexity index is 1420. The minimum absolute atomic E-state index is 0.160. The van der Waals surface area contributed by atoms with Crippen LogP contribution in [0.4, 0.5) is 24.5 Å². The Balaban J connectivity index is 1.58. The van der Waals surface area contributed by atoms with Crippen LogP contribution in [-0.2, 0) is 12.0 Å². The van der Waals surface area contributed by atoms with Crippen molar-refractivity contribution >= 4 is 22.3 Å². The van der Waals surface area contributed by atoms with Gasteiger partial charge in [0, 0.05) is 23.2 Å². The van der Waals surface area contributed by atoms with E-state index in [1.54, 1.807) is 44.3 Å². The number of benzene rings is 1. The third-order valence-electron chi connectivity index (χ3n) is 6.95. The van der Waals surface area contributed by atoms with Gasteiger partial charge in [-0.15, -0.1) is 0 Å². The monoisotopic (exact) mass is 538 g/mol. The number of piperidine rings is 1. The molecule has 0 saturated carbocycles. The van der Waals surface area contributed by atoms with Crippen molar-refractivity contribution in [3.8, 4) is 23.7 Å². The number of rotatable bonds is 7. The Morgan fingerprint density at radius 1 is 1.15 bits per heavy atom. The molecule has 0 bridgehead atoms. The first kappa shape index (κ1) is 28.1. The van der Waals surface area contributed by atoms with E-state index < -0.39 is 18.1 Å². The molecule has 4 rings (SSSR count). The number of fused-ring (bicyclic) bond motifs is 1. The SMILES string of the molecule is COc1cc(C(C)(C)C#N)ncc1NCC#Cc1cc2c(NC3CCN(C)CC3)cccc2n1CC(F)(F)F. The number of halogens is 3. The molecule has 206 valence electrons. The first-order chi connectivity index (χ1) is 18.5. The molecule has 0 atom stereocenters. The van der Waals surface area contributed by atoms with Gasteiger partial charge in [0.1, 0.15) is 12.3 Å². The average Bonchev–Trinajstić information content (AvgIpc) is 3.24. The van der Waals surface area contributed by atoms with Gasteiger partial charge in [-0.05, 0) is 70.9 Å². The summed E-state index contributed by atoms with van der Waals surface area (Å²) in [4.78, 5) is 6.63. The van der Waals surface area contributed by atoms with E-state index in [4.69, 9.17) is 4.74 Å². The quantitative estimate of drug-likeness (QED) is 0.394. The lowest BCUT2D eigenvalue weighted by Gasteiger charge is -2.30. The van der Waals surface area contributed by atoms with E-state index in [0.29, 0.717) is 22.6 Å². The normalized spacial score (nSPS) is 14.9. The van der Waals surface area contributed by atoms with Crippen molar-refractivity contribution in [3.05, 3.63) is 47.9 Å². The zero-order chi connectivity index (χ0) is 28.2. The molecule has 0 amide bonds. The van der Waals surface area contributed by atoms with Crippen molar-refractivity contribution < 1.29 is 17.9 Å². The zero-order valence-electron chi connectivity index (χ0n) is 22.6. The molecule has 0 aliphatic carbocycles.